The molecule has 1 saturated carbocycles. The lowest BCUT2D eigenvalue weighted by molar-refractivity contribution is 0.0657. The van der Waals surface area contributed by atoms with Crippen LogP contribution in [0.25, 0.3) is 0 Å². The Hall–Kier alpha value is -1.55. The normalized spacial score (nSPS) is 16.6. The summed E-state index contributed by atoms with van der Waals surface area (Å²) in [7, 11) is 1.84. The summed E-state index contributed by atoms with van der Waals surface area (Å²) in [6, 6.07) is 9.11. The topological polar surface area (TPSA) is 45.7 Å². The van der Waals surface area contributed by atoms with E-state index in [-0.39, 0.29) is 6.10 Å². The monoisotopic (exact) mass is 317 g/mol. The Bertz CT molecular complexity index is 493. The van der Waals surface area contributed by atoms with E-state index in [0.717, 1.165) is 12.5 Å². The molecule has 2 N–H and O–H groups in total. The Morgan fingerprint density at radius 2 is 1.96 bits per heavy atom. The number of hydrogen-bond acceptors (Lipinski definition) is 2. The van der Waals surface area contributed by atoms with Crippen LogP contribution < -0.4 is 10.6 Å². The van der Waals surface area contributed by atoms with Crippen molar-refractivity contribution in [2.45, 2.75) is 71.2 Å². The third-order valence-corrected chi connectivity index (χ3v) is 4.20. The van der Waals surface area contributed by atoms with Gasteiger partial charge >= 0.3 is 0 Å². The summed E-state index contributed by atoms with van der Waals surface area (Å²) in [4.78, 5) is 4.35. The van der Waals surface area contributed by atoms with E-state index in [1.807, 2.05) is 7.05 Å². The van der Waals surface area contributed by atoms with Crippen LogP contribution >= 0.6 is 0 Å². The first-order valence-electron chi connectivity index (χ1n) is 8.84. The predicted molar refractivity (Wildman–Crippen MR) is 96.6 cm³/mol. The molecular formula is C19H31N3O. The number of rotatable bonds is 6. The van der Waals surface area contributed by atoms with Crippen LogP contribution in [0.2, 0.25) is 0 Å². The molecule has 0 atom stereocenters. The maximum atomic E-state index is 5.67. The SMILES string of the molecule is CN=C(NCc1cccc(COC(C)C)c1)NC1CCCCC1. The van der Waals surface area contributed by atoms with Gasteiger partial charge in [0.2, 0.25) is 0 Å². The Kier molecular flexibility index (Phi) is 7.40. The van der Waals surface area contributed by atoms with Gasteiger partial charge < -0.3 is 15.4 Å². The fourth-order valence-corrected chi connectivity index (χ4v) is 2.91. The zero-order valence-corrected chi connectivity index (χ0v) is 14.8. The number of nitrogens with one attached hydrogen (secondary N) is 2. The van der Waals surface area contributed by atoms with Gasteiger partial charge in [0.1, 0.15) is 0 Å². The zero-order chi connectivity index (χ0) is 16.5. The van der Waals surface area contributed by atoms with Crippen molar-refractivity contribution in [3.05, 3.63) is 35.4 Å². The van der Waals surface area contributed by atoms with Gasteiger partial charge in [-0.25, -0.2) is 0 Å². The minimum Gasteiger partial charge on any atom is -0.374 e. The summed E-state index contributed by atoms with van der Waals surface area (Å²) in [6.07, 6.45) is 6.79. The van der Waals surface area contributed by atoms with Crippen LogP contribution in [0.4, 0.5) is 0 Å². The number of guanidine groups is 1. The summed E-state index contributed by atoms with van der Waals surface area (Å²) in [6.45, 7) is 5.57. The highest BCUT2D eigenvalue weighted by Gasteiger charge is 2.14. The number of aliphatic imine (C=N–C) groups is 1. The van der Waals surface area contributed by atoms with E-state index in [0.29, 0.717) is 12.6 Å². The highest BCUT2D eigenvalue weighted by Crippen LogP contribution is 2.17. The molecule has 4 nitrogen and oxygen atoms in total. The molecule has 2 rings (SSSR count). The van der Waals surface area contributed by atoms with E-state index in [1.54, 1.807) is 0 Å². The molecule has 0 spiro atoms. The molecule has 1 fully saturated rings. The van der Waals surface area contributed by atoms with Crippen LogP contribution in [0.15, 0.2) is 29.3 Å². The molecule has 0 amide bonds. The molecule has 4 heteroatoms. The van der Waals surface area contributed by atoms with E-state index in [1.165, 1.54) is 43.2 Å². The van der Waals surface area contributed by atoms with Crippen LogP contribution in [0.3, 0.4) is 0 Å². The molecule has 128 valence electrons. The summed E-state index contributed by atoms with van der Waals surface area (Å²) < 4.78 is 5.67. The van der Waals surface area contributed by atoms with E-state index < -0.39 is 0 Å². The van der Waals surface area contributed by atoms with Crippen molar-refractivity contribution in [1.82, 2.24) is 10.6 Å². The minimum absolute atomic E-state index is 0.260. The van der Waals surface area contributed by atoms with Crippen molar-refractivity contribution in [3.63, 3.8) is 0 Å². The molecule has 1 aliphatic rings. The lowest BCUT2D eigenvalue weighted by Gasteiger charge is -2.25. The lowest BCUT2D eigenvalue weighted by atomic mass is 9.96. The average Bonchev–Trinajstić information content (AvgIpc) is 2.58. The number of ether oxygens (including phenoxy) is 1. The predicted octanol–water partition coefficient (Wildman–Crippen LogP) is 3.61. The van der Waals surface area contributed by atoms with Gasteiger partial charge in [0.15, 0.2) is 5.96 Å². The second kappa shape index (κ2) is 9.56. The summed E-state index contributed by atoms with van der Waals surface area (Å²) in [5.41, 5.74) is 2.47. The maximum Gasteiger partial charge on any atom is 0.191 e. The van der Waals surface area contributed by atoms with Crippen LogP contribution in [0.1, 0.15) is 57.1 Å². The van der Waals surface area contributed by atoms with Gasteiger partial charge in [-0.3, -0.25) is 4.99 Å². The molecule has 0 saturated heterocycles. The van der Waals surface area contributed by atoms with Gasteiger partial charge in [-0.2, -0.15) is 0 Å². The van der Waals surface area contributed by atoms with Crippen molar-refractivity contribution in [2.24, 2.45) is 4.99 Å². The van der Waals surface area contributed by atoms with E-state index >= 15 is 0 Å². The molecule has 0 aliphatic heterocycles. The van der Waals surface area contributed by atoms with Gasteiger partial charge in [0, 0.05) is 19.6 Å². The van der Waals surface area contributed by atoms with E-state index in [9.17, 15) is 0 Å². The summed E-state index contributed by atoms with van der Waals surface area (Å²) in [5, 5.41) is 6.97. The Labute approximate surface area is 140 Å². The molecule has 23 heavy (non-hydrogen) atoms. The Morgan fingerprint density at radius 1 is 1.22 bits per heavy atom. The second-order valence-corrected chi connectivity index (χ2v) is 6.58. The van der Waals surface area contributed by atoms with E-state index in [2.05, 4.69) is 53.7 Å². The molecule has 1 aliphatic carbocycles. The summed E-state index contributed by atoms with van der Waals surface area (Å²) >= 11 is 0. The molecule has 0 heterocycles. The largest absolute Gasteiger partial charge is 0.374 e. The van der Waals surface area contributed by atoms with Crippen molar-refractivity contribution in [3.8, 4) is 0 Å². The van der Waals surface area contributed by atoms with Gasteiger partial charge in [0.25, 0.3) is 0 Å². The molecule has 1 aromatic carbocycles. The zero-order valence-electron chi connectivity index (χ0n) is 14.8. The highest BCUT2D eigenvalue weighted by molar-refractivity contribution is 5.79. The smallest absolute Gasteiger partial charge is 0.191 e. The third-order valence-electron chi connectivity index (χ3n) is 4.20. The van der Waals surface area contributed by atoms with Crippen molar-refractivity contribution >= 4 is 5.96 Å². The number of benzene rings is 1. The quantitative estimate of drug-likeness (QED) is 0.622. The highest BCUT2D eigenvalue weighted by atomic mass is 16.5. The van der Waals surface area contributed by atoms with Crippen molar-refractivity contribution < 1.29 is 4.74 Å². The minimum atomic E-state index is 0.260. The molecule has 0 bridgehead atoms. The average molecular weight is 317 g/mol. The number of hydrogen-bond donors (Lipinski definition) is 2. The number of nitrogens with zero attached hydrogens (tertiary/aromatic N) is 1. The summed E-state index contributed by atoms with van der Waals surface area (Å²) in [5.74, 6) is 0.903. The van der Waals surface area contributed by atoms with Gasteiger partial charge in [-0.1, -0.05) is 43.5 Å². The van der Waals surface area contributed by atoms with Crippen molar-refractivity contribution in [2.75, 3.05) is 7.05 Å². The third kappa shape index (κ3) is 6.61. The fourth-order valence-electron chi connectivity index (χ4n) is 2.91. The van der Waals surface area contributed by atoms with Crippen LogP contribution in [-0.4, -0.2) is 25.2 Å². The van der Waals surface area contributed by atoms with E-state index in [4.69, 9.17) is 4.74 Å². The standard InChI is InChI=1S/C19H31N3O/c1-15(2)23-14-17-9-7-8-16(12-17)13-21-19(20-3)22-18-10-5-4-6-11-18/h7-9,12,15,18H,4-6,10-11,13-14H2,1-3H3,(H2,20,21,22). The first kappa shape index (κ1) is 17.8. The molecule has 0 unspecified atom stereocenters. The van der Waals surface area contributed by atoms with Crippen LogP contribution in [-0.2, 0) is 17.9 Å². The lowest BCUT2D eigenvalue weighted by Crippen LogP contribution is -2.43. The maximum absolute atomic E-state index is 5.67. The molecule has 0 aromatic heterocycles. The molecule has 1 aromatic rings. The Morgan fingerprint density at radius 3 is 2.65 bits per heavy atom. The van der Waals surface area contributed by atoms with Crippen molar-refractivity contribution in [1.29, 1.82) is 0 Å². The van der Waals surface area contributed by atoms with Gasteiger partial charge in [-0.15, -0.1) is 0 Å². The van der Waals surface area contributed by atoms with Gasteiger partial charge in [-0.05, 0) is 37.8 Å². The van der Waals surface area contributed by atoms with Gasteiger partial charge in [0.05, 0.1) is 12.7 Å². The van der Waals surface area contributed by atoms with Crippen LogP contribution in [0, 0.1) is 0 Å². The van der Waals surface area contributed by atoms with Crippen LogP contribution in [0.5, 0.6) is 0 Å². The Balaban J connectivity index is 1.82. The first-order chi connectivity index (χ1) is 11.2. The second-order valence-electron chi connectivity index (χ2n) is 6.58. The first-order valence-corrected chi connectivity index (χ1v) is 8.84. The molecular weight excluding hydrogens is 286 g/mol. The molecule has 0 radical (unpaired) electrons. The fraction of sp³-hybridized carbons (Fsp3) is 0.632.